The van der Waals surface area contributed by atoms with Gasteiger partial charge in [0.1, 0.15) is 0 Å². The molecule has 0 aliphatic carbocycles. The number of esters is 1. The van der Waals surface area contributed by atoms with Gasteiger partial charge in [-0.15, -0.1) is 0 Å². The largest absolute Gasteiger partial charge is 0.466 e. The van der Waals surface area contributed by atoms with Gasteiger partial charge in [0.05, 0.1) is 13.0 Å². The van der Waals surface area contributed by atoms with Crippen LogP contribution in [-0.4, -0.2) is 35.4 Å². The van der Waals surface area contributed by atoms with Crippen molar-refractivity contribution in [1.82, 2.24) is 21.5 Å². The number of amides is 3. The Labute approximate surface area is 174 Å². The second-order valence-corrected chi connectivity index (χ2v) is 6.44. The van der Waals surface area contributed by atoms with Gasteiger partial charge < -0.3 is 15.4 Å². The van der Waals surface area contributed by atoms with Crippen LogP contribution in [0.2, 0.25) is 0 Å². The Hall–Kier alpha value is -3.01. The molecule has 0 aromatic heterocycles. The molecule has 10 heteroatoms. The molecule has 0 aliphatic rings. The normalized spacial score (nSPS) is 9.83. The number of hydrazine groups is 1. The van der Waals surface area contributed by atoms with Crippen LogP contribution in [0, 0.1) is 0 Å². The number of rotatable bonds is 10. The molecule has 3 amide bonds. The lowest BCUT2D eigenvalue weighted by atomic mass is 10.2. The van der Waals surface area contributed by atoms with Crippen molar-refractivity contribution >= 4 is 41.0 Å². The van der Waals surface area contributed by atoms with Crippen molar-refractivity contribution in [1.29, 1.82) is 0 Å². The van der Waals surface area contributed by atoms with Crippen LogP contribution in [0.4, 0.5) is 0 Å². The fraction of sp³-hybridized carbons (Fsp3) is 0.421. The number of ether oxygens (including phenoxy) is 1. The summed E-state index contributed by atoms with van der Waals surface area (Å²) in [4.78, 5) is 46.5. The average molecular weight is 423 g/mol. The predicted octanol–water partition coefficient (Wildman–Crippen LogP) is 0.838. The van der Waals surface area contributed by atoms with Gasteiger partial charge in [-0.2, -0.15) is 0 Å². The lowest BCUT2D eigenvalue weighted by Gasteiger charge is -2.11. The van der Waals surface area contributed by atoms with Crippen LogP contribution in [0.5, 0.6) is 0 Å². The van der Waals surface area contributed by atoms with Crippen LogP contribution in [0.25, 0.3) is 0 Å². The van der Waals surface area contributed by atoms with Gasteiger partial charge in [0.25, 0.3) is 0 Å². The molecule has 0 fully saturated rings. The van der Waals surface area contributed by atoms with Gasteiger partial charge in [-0.3, -0.25) is 30.0 Å². The highest BCUT2D eigenvalue weighted by Gasteiger charge is 2.11. The number of benzene rings is 1. The number of hydrogen-bond donors (Lipinski definition) is 4. The van der Waals surface area contributed by atoms with Crippen molar-refractivity contribution in [2.75, 3.05) is 6.61 Å². The minimum Gasteiger partial charge on any atom is -0.466 e. The predicted molar refractivity (Wildman–Crippen MR) is 110 cm³/mol. The molecular weight excluding hydrogens is 396 g/mol. The fourth-order valence-corrected chi connectivity index (χ4v) is 2.19. The molecule has 29 heavy (non-hydrogen) atoms. The van der Waals surface area contributed by atoms with Gasteiger partial charge in [-0.05, 0) is 24.2 Å². The Kier molecular flexibility index (Phi) is 11.6. The minimum atomic E-state index is -0.481. The van der Waals surface area contributed by atoms with Crippen molar-refractivity contribution in [3.8, 4) is 0 Å². The van der Waals surface area contributed by atoms with E-state index < -0.39 is 17.8 Å². The highest BCUT2D eigenvalue weighted by molar-refractivity contribution is 7.80. The summed E-state index contributed by atoms with van der Waals surface area (Å²) >= 11 is 4.88. The summed E-state index contributed by atoms with van der Waals surface area (Å²) in [6.07, 6.45) is 0.534. The third-order valence-corrected chi connectivity index (χ3v) is 3.71. The van der Waals surface area contributed by atoms with Crippen LogP contribution >= 0.6 is 12.2 Å². The fourth-order valence-electron chi connectivity index (χ4n) is 2.02. The maximum atomic E-state index is 11.8. The molecule has 0 bridgehead atoms. The van der Waals surface area contributed by atoms with E-state index in [1.54, 1.807) is 0 Å². The summed E-state index contributed by atoms with van der Waals surface area (Å²) in [5.41, 5.74) is 5.63. The van der Waals surface area contributed by atoms with Crippen LogP contribution in [0.1, 0.15) is 44.6 Å². The molecule has 9 nitrogen and oxygen atoms in total. The molecule has 1 aromatic rings. The SMILES string of the molecule is CCCOC(=O)CCC(=O)NC(=S)NNC(=O)CCC(=O)NCc1ccccc1. The van der Waals surface area contributed by atoms with Crippen molar-refractivity contribution in [2.24, 2.45) is 0 Å². The number of thiocarbonyl (C=S) groups is 1. The van der Waals surface area contributed by atoms with Crippen molar-refractivity contribution in [3.63, 3.8) is 0 Å². The molecule has 0 aliphatic heterocycles. The van der Waals surface area contributed by atoms with Crippen LogP contribution in [-0.2, 0) is 30.5 Å². The number of nitrogens with one attached hydrogen (secondary N) is 4. The second-order valence-electron chi connectivity index (χ2n) is 6.03. The highest BCUT2D eigenvalue weighted by atomic mass is 32.1. The first-order valence-electron chi connectivity index (χ1n) is 9.25. The third kappa shape index (κ3) is 12.1. The van der Waals surface area contributed by atoms with Crippen molar-refractivity contribution < 1.29 is 23.9 Å². The number of hydrogen-bond acceptors (Lipinski definition) is 6. The molecule has 0 atom stereocenters. The van der Waals surface area contributed by atoms with Gasteiger partial charge in [0, 0.05) is 25.8 Å². The van der Waals surface area contributed by atoms with E-state index in [0.29, 0.717) is 19.6 Å². The van der Waals surface area contributed by atoms with Gasteiger partial charge in [-0.1, -0.05) is 37.3 Å². The zero-order valence-electron chi connectivity index (χ0n) is 16.3. The molecule has 0 radical (unpaired) electrons. The van der Waals surface area contributed by atoms with Gasteiger partial charge in [0.2, 0.25) is 17.7 Å². The lowest BCUT2D eigenvalue weighted by molar-refractivity contribution is -0.144. The zero-order valence-corrected chi connectivity index (χ0v) is 17.1. The maximum absolute atomic E-state index is 11.8. The van der Waals surface area contributed by atoms with E-state index in [-0.39, 0.29) is 36.7 Å². The summed E-state index contributed by atoms with van der Waals surface area (Å²) in [5, 5.41) is 4.94. The Morgan fingerprint density at radius 2 is 1.55 bits per heavy atom. The minimum absolute atomic E-state index is 0.0132. The van der Waals surface area contributed by atoms with Gasteiger partial charge in [-0.25, -0.2) is 0 Å². The third-order valence-electron chi connectivity index (χ3n) is 3.50. The molecule has 0 saturated carbocycles. The van der Waals surface area contributed by atoms with E-state index in [1.165, 1.54) is 0 Å². The molecule has 0 heterocycles. The summed E-state index contributed by atoms with van der Waals surface area (Å²) in [7, 11) is 0. The molecule has 158 valence electrons. The molecule has 0 saturated heterocycles. The zero-order chi connectivity index (χ0) is 21.5. The Morgan fingerprint density at radius 1 is 0.897 bits per heavy atom. The standard InChI is InChI=1S/C19H26N4O5S/c1-2-12-28-18(27)11-10-16(25)21-19(29)23-22-17(26)9-8-15(24)20-13-14-6-4-3-5-7-14/h3-7H,2,8-13H2,1H3,(H,20,24)(H,22,26)(H2,21,23,25,29). The number of carbonyl (C=O) groups excluding carboxylic acids is 4. The summed E-state index contributed by atoms with van der Waals surface area (Å²) in [6.45, 7) is 2.58. The van der Waals surface area contributed by atoms with E-state index in [1.807, 2.05) is 37.3 Å². The molecular formula is C19H26N4O5S. The Bertz CT molecular complexity index is 712. The topological polar surface area (TPSA) is 126 Å². The smallest absolute Gasteiger partial charge is 0.306 e. The van der Waals surface area contributed by atoms with E-state index in [9.17, 15) is 19.2 Å². The molecule has 4 N–H and O–H groups in total. The van der Waals surface area contributed by atoms with Crippen LogP contribution in [0.15, 0.2) is 30.3 Å². The second kappa shape index (κ2) is 14.1. The van der Waals surface area contributed by atoms with Gasteiger partial charge in [0.15, 0.2) is 5.11 Å². The molecule has 0 unspecified atom stereocenters. The van der Waals surface area contributed by atoms with E-state index in [0.717, 1.165) is 5.56 Å². The Balaban J connectivity index is 2.13. The van der Waals surface area contributed by atoms with Crippen LogP contribution < -0.4 is 21.5 Å². The van der Waals surface area contributed by atoms with E-state index in [2.05, 4.69) is 21.5 Å². The monoisotopic (exact) mass is 422 g/mol. The first-order chi connectivity index (χ1) is 13.9. The summed E-state index contributed by atoms with van der Waals surface area (Å²) in [5.74, 6) is -1.65. The maximum Gasteiger partial charge on any atom is 0.306 e. The lowest BCUT2D eigenvalue weighted by Crippen LogP contribution is -2.48. The van der Waals surface area contributed by atoms with Crippen molar-refractivity contribution in [2.45, 2.75) is 45.6 Å². The molecule has 0 spiro atoms. The highest BCUT2D eigenvalue weighted by Crippen LogP contribution is 1.98. The molecule has 1 aromatic carbocycles. The van der Waals surface area contributed by atoms with E-state index in [4.69, 9.17) is 17.0 Å². The Morgan fingerprint density at radius 3 is 2.24 bits per heavy atom. The van der Waals surface area contributed by atoms with Crippen LogP contribution in [0.3, 0.4) is 0 Å². The summed E-state index contributed by atoms with van der Waals surface area (Å²) in [6, 6.07) is 9.42. The number of carbonyl (C=O) groups is 4. The van der Waals surface area contributed by atoms with Gasteiger partial charge >= 0.3 is 5.97 Å². The first-order valence-corrected chi connectivity index (χ1v) is 9.66. The average Bonchev–Trinajstić information content (AvgIpc) is 2.72. The van der Waals surface area contributed by atoms with E-state index >= 15 is 0 Å². The quantitative estimate of drug-likeness (QED) is 0.250. The van der Waals surface area contributed by atoms with Crippen molar-refractivity contribution in [3.05, 3.63) is 35.9 Å². The summed E-state index contributed by atoms with van der Waals surface area (Å²) < 4.78 is 4.86. The molecule has 1 rings (SSSR count). The first kappa shape index (κ1) is 24.0.